The van der Waals surface area contributed by atoms with E-state index in [4.69, 9.17) is 28.4 Å². The van der Waals surface area contributed by atoms with Gasteiger partial charge in [0.25, 0.3) is 0 Å². The molecule has 0 amide bonds. The molecule has 3 saturated heterocycles. The zero-order valence-corrected chi connectivity index (χ0v) is 39.7. The molecule has 19 heteroatoms. The van der Waals surface area contributed by atoms with Gasteiger partial charge >= 0.3 is 11.9 Å². The summed E-state index contributed by atoms with van der Waals surface area (Å²) in [5, 5.41) is 117. The van der Waals surface area contributed by atoms with Crippen molar-refractivity contribution in [3.8, 4) is 0 Å². The van der Waals surface area contributed by atoms with Crippen LogP contribution in [0.2, 0.25) is 0 Å². The molecule has 0 bridgehead atoms. The van der Waals surface area contributed by atoms with Crippen molar-refractivity contribution in [1.82, 2.24) is 0 Å². The minimum Gasteiger partial charge on any atom is -0.481 e. The zero-order valence-electron chi connectivity index (χ0n) is 39.7. The van der Waals surface area contributed by atoms with Crippen molar-refractivity contribution < 1.29 is 94.2 Å². The van der Waals surface area contributed by atoms with Gasteiger partial charge in [-0.2, -0.15) is 0 Å². The average molecular weight is 957 g/mol. The summed E-state index contributed by atoms with van der Waals surface area (Å²) in [5.41, 5.74) is -0.505. The Labute approximate surface area is 391 Å². The summed E-state index contributed by atoms with van der Waals surface area (Å²) in [6, 6.07) is 0. The molecule has 8 rings (SSSR count). The maximum atomic E-state index is 13.2. The number of allylic oxidation sites excluding steroid dienone is 2. The molecular formula is C48H76O19. The molecular weight excluding hydrogens is 881 g/mol. The molecule has 19 nitrogen and oxygen atoms in total. The van der Waals surface area contributed by atoms with Gasteiger partial charge in [-0.25, -0.2) is 4.79 Å². The summed E-state index contributed by atoms with van der Waals surface area (Å²) in [5.74, 6) is -1.96. The molecule has 3 aliphatic heterocycles. The van der Waals surface area contributed by atoms with E-state index < -0.39 is 134 Å². The van der Waals surface area contributed by atoms with Crippen LogP contribution in [0, 0.1) is 50.2 Å². The molecule has 0 radical (unpaired) electrons. The van der Waals surface area contributed by atoms with E-state index in [-0.39, 0.29) is 39.4 Å². The van der Waals surface area contributed by atoms with Crippen LogP contribution in [0.4, 0.5) is 0 Å². The maximum absolute atomic E-state index is 13.2. The third-order valence-electron chi connectivity index (χ3n) is 19.3. The van der Waals surface area contributed by atoms with Crippen LogP contribution in [0.1, 0.15) is 113 Å². The van der Waals surface area contributed by atoms with Crippen molar-refractivity contribution in [2.45, 2.75) is 211 Å². The van der Waals surface area contributed by atoms with Crippen LogP contribution in [0.25, 0.3) is 0 Å². The van der Waals surface area contributed by atoms with E-state index >= 15 is 0 Å². The number of aliphatic carboxylic acids is 2. The van der Waals surface area contributed by atoms with Crippen LogP contribution >= 0.6 is 0 Å². The Hall–Kier alpha value is -1.92. The van der Waals surface area contributed by atoms with E-state index in [1.54, 1.807) is 0 Å². The molecule has 382 valence electrons. The van der Waals surface area contributed by atoms with Crippen molar-refractivity contribution in [3.63, 3.8) is 0 Å². The molecule has 67 heavy (non-hydrogen) atoms. The lowest BCUT2D eigenvalue weighted by atomic mass is 9.33. The van der Waals surface area contributed by atoms with Crippen LogP contribution in [-0.4, -0.2) is 180 Å². The number of hydrogen-bond acceptors (Lipinski definition) is 17. The fourth-order valence-corrected chi connectivity index (χ4v) is 15.1. The summed E-state index contributed by atoms with van der Waals surface area (Å²) in [7, 11) is 0. The van der Waals surface area contributed by atoms with E-state index in [0.717, 1.165) is 44.9 Å². The average Bonchev–Trinajstić information content (AvgIpc) is 3.26. The molecule has 3 heterocycles. The highest BCUT2D eigenvalue weighted by molar-refractivity contribution is 5.76. The van der Waals surface area contributed by atoms with Crippen LogP contribution in [0.5, 0.6) is 0 Å². The van der Waals surface area contributed by atoms with Gasteiger partial charge in [0.15, 0.2) is 25.0 Å². The van der Waals surface area contributed by atoms with Gasteiger partial charge in [-0.3, -0.25) is 4.79 Å². The summed E-state index contributed by atoms with van der Waals surface area (Å²) in [6.07, 6.45) is -17.9. The fourth-order valence-electron chi connectivity index (χ4n) is 15.1. The smallest absolute Gasteiger partial charge is 0.335 e. The molecule has 4 saturated carbocycles. The molecule has 7 fully saturated rings. The van der Waals surface area contributed by atoms with Crippen molar-refractivity contribution in [2.24, 2.45) is 50.2 Å². The maximum Gasteiger partial charge on any atom is 0.335 e. The highest BCUT2D eigenvalue weighted by atomic mass is 16.8. The first-order chi connectivity index (χ1) is 31.2. The molecule has 0 aromatic heterocycles. The van der Waals surface area contributed by atoms with Gasteiger partial charge in [0.1, 0.15) is 67.1 Å². The largest absolute Gasteiger partial charge is 0.481 e. The standard InChI is InChI=1S/C48H76O19/c1-43(2)14-16-48(42(60)61)17-15-46(6)21(22(48)18-43)8-9-26-45(5)12-11-27(44(3,4)25(45)10-13-47(26,46)7)64-41-37(33(56)32(55)35(65-41)38(58)59)67-40-36(31(54)29(52)24(20-50)63-40)66-39-34(57)30(53)28(51)23(19-49)62-39/h8,22-37,39-41,49-57H,9-20H2,1-7H3,(H,58,59)(H,60,61)/t22-,23+,24+,25-,26+,27-,28+,29-,30-,31-,32-,33-,34+,35-,36+,37+,39-,40-,41+,45-,46+,47+,48-/m0/s1. The third-order valence-corrected chi connectivity index (χ3v) is 19.3. The molecule has 0 spiro atoms. The van der Waals surface area contributed by atoms with Gasteiger partial charge in [0.05, 0.1) is 24.7 Å². The van der Waals surface area contributed by atoms with Crippen molar-refractivity contribution >= 4 is 11.9 Å². The van der Waals surface area contributed by atoms with Crippen molar-refractivity contribution in [2.75, 3.05) is 13.2 Å². The van der Waals surface area contributed by atoms with Crippen LogP contribution < -0.4 is 0 Å². The Morgan fingerprint density at radius 2 is 1.19 bits per heavy atom. The van der Waals surface area contributed by atoms with Crippen LogP contribution in [0.15, 0.2) is 11.6 Å². The number of hydrogen-bond donors (Lipinski definition) is 11. The lowest BCUT2D eigenvalue weighted by Crippen LogP contribution is -2.68. The number of fused-ring (bicyclic) bond motifs is 7. The predicted molar refractivity (Wildman–Crippen MR) is 231 cm³/mol. The Morgan fingerprint density at radius 1 is 0.627 bits per heavy atom. The molecule has 0 unspecified atom stereocenters. The monoisotopic (exact) mass is 956 g/mol. The van der Waals surface area contributed by atoms with Gasteiger partial charge in [-0.15, -0.1) is 0 Å². The highest BCUT2D eigenvalue weighted by Gasteiger charge is 2.70. The predicted octanol–water partition coefficient (Wildman–Crippen LogP) is 0.799. The first kappa shape index (κ1) is 51.4. The van der Waals surface area contributed by atoms with Gasteiger partial charge < -0.3 is 84.6 Å². The van der Waals surface area contributed by atoms with Gasteiger partial charge in [-0.1, -0.05) is 60.1 Å². The number of carboxylic acids is 2. The van der Waals surface area contributed by atoms with E-state index in [1.165, 1.54) is 5.57 Å². The quantitative estimate of drug-likeness (QED) is 0.107. The van der Waals surface area contributed by atoms with E-state index in [1.807, 2.05) is 0 Å². The van der Waals surface area contributed by atoms with E-state index in [2.05, 4.69) is 54.5 Å². The van der Waals surface area contributed by atoms with E-state index in [9.17, 15) is 65.8 Å². The van der Waals surface area contributed by atoms with Gasteiger partial charge in [0.2, 0.25) is 0 Å². The van der Waals surface area contributed by atoms with Crippen LogP contribution in [0.3, 0.4) is 0 Å². The molecule has 11 N–H and O–H groups in total. The number of rotatable bonds is 10. The van der Waals surface area contributed by atoms with Crippen LogP contribution in [-0.2, 0) is 38.0 Å². The zero-order chi connectivity index (χ0) is 49.1. The van der Waals surface area contributed by atoms with Crippen molar-refractivity contribution in [1.29, 1.82) is 0 Å². The molecule has 0 aromatic rings. The Balaban J connectivity index is 1.06. The first-order valence-corrected chi connectivity index (χ1v) is 24.3. The van der Waals surface area contributed by atoms with Crippen molar-refractivity contribution in [3.05, 3.63) is 11.6 Å². The Kier molecular flexibility index (Phi) is 13.8. The lowest BCUT2D eigenvalue weighted by molar-refractivity contribution is -0.396. The molecule has 23 atom stereocenters. The second-order valence-corrected chi connectivity index (χ2v) is 23.5. The summed E-state index contributed by atoms with van der Waals surface area (Å²) in [4.78, 5) is 25.6. The van der Waals surface area contributed by atoms with E-state index in [0.29, 0.717) is 19.3 Å². The number of aliphatic hydroxyl groups excluding tert-OH is 9. The highest BCUT2D eigenvalue weighted by Crippen LogP contribution is 2.76. The minimum atomic E-state index is -2.07. The second kappa shape index (κ2) is 18.0. The topological polar surface area (TPSA) is 312 Å². The normalized spacial score (nSPS) is 52.7. The van der Waals surface area contributed by atoms with Gasteiger partial charge in [-0.05, 0) is 109 Å². The summed E-state index contributed by atoms with van der Waals surface area (Å²) >= 11 is 0. The minimum absolute atomic E-state index is 0.0260. The first-order valence-electron chi connectivity index (χ1n) is 24.3. The molecule has 5 aliphatic carbocycles. The lowest BCUT2D eigenvalue weighted by Gasteiger charge is -2.71. The SMILES string of the molecule is CC1(C)CC[C@]2(C(=O)O)CC[C@]3(C)C(=CC[C@@H]4[C@@]5(C)CC[C@H](O[C@@H]6O[C@H](C(=O)O)[C@@H](O)[C@H](O)[C@H]6O[C@@H]6O[C@H](CO)[C@H](O)[C@H](O)[C@H]6O[C@@H]6O[C@H](CO)[C@@H](O)[C@H](O)[C@H]6O)C(C)(C)[C@@H]5CC[C@]43C)[C@@H]2C1. The second-order valence-electron chi connectivity index (χ2n) is 23.5. The summed E-state index contributed by atoms with van der Waals surface area (Å²) < 4.78 is 36.1. The number of carbonyl (C=O) groups is 2. The Morgan fingerprint density at radius 3 is 1.81 bits per heavy atom. The number of ether oxygens (including phenoxy) is 6. The Bertz CT molecular complexity index is 1880. The summed E-state index contributed by atoms with van der Waals surface area (Å²) in [6.45, 7) is 14.3. The number of carboxylic acid groups (broad SMARTS) is 2. The third kappa shape index (κ3) is 8.06. The van der Waals surface area contributed by atoms with Gasteiger partial charge in [0, 0.05) is 0 Å². The molecule has 0 aromatic carbocycles. The number of aliphatic hydroxyl groups is 9. The fraction of sp³-hybridized carbons (Fsp3) is 0.917. The molecule has 8 aliphatic rings.